The van der Waals surface area contributed by atoms with Crippen molar-refractivity contribution in [3.05, 3.63) is 71.8 Å². The number of carbonyl (C=O) groups is 1. The predicted molar refractivity (Wildman–Crippen MR) is 107 cm³/mol. The first kappa shape index (κ1) is 19.5. The van der Waals surface area contributed by atoms with Gasteiger partial charge in [0.1, 0.15) is 5.82 Å². The minimum Gasteiger partial charge on any atom is -0.463 e. The van der Waals surface area contributed by atoms with Gasteiger partial charge in [0.2, 0.25) is 0 Å². The quantitative estimate of drug-likeness (QED) is 0.457. The minimum absolute atomic E-state index is 0.103. The molecule has 2 heterocycles. The van der Waals surface area contributed by atoms with Crippen molar-refractivity contribution < 1.29 is 13.9 Å². The van der Waals surface area contributed by atoms with Crippen LogP contribution >= 0.6 is 0 Å². The smallest absolute Gasteiger partial charge is 0.330 e. The normalized spacial score (nSPS) is 11.3. The third-order valence-electron chi connectivity index (χ3n) is 4.15. The van der Waals surface area contributed by atoms with E-state index < -0.39 is 5.97 Å². The Hall–Kier alpha value is -3.28. The average molecular weight is 379 g/mol. The lowest BCUT2D eigenvalue weighted by Gasteiger charge is -2.08. The van der Waals surface area contributed by atoms with Crippen LogP contribution in [0.2, 0.25) is 0 Å². The molecule has 6 heteroatoms. The van der Waals surface area contributed by atoms with Crippen LogP contribution in [0, 0.1) is 5.82 Å². The fourth-order valence-electron chi connectivity index (χ4n) is 2.91. The van der Waals surface area contributed by atoms with E-state index in [2.05, 4.69) is 4.98 Å². The van der Waals surface area contributed by atoms with Crippen molar-refractivity contribution >= 4 is 12.0 Å². The SMILES string of the molecule is CCOC(=O)/C=C/c1c(C(C)C)nn(-c2ccccn2)c1-c1ccc(F)cc1. The van der Waals surface area contributed by atoms with E-state index in [0.717, 1.165) is 22.5 Å². The molecule has 0 spiro atoms. The van der Waals surface area contributed by atoms with Crippen molar-refractivity contribution in [3.63, 3.8) is 0 Å². The zero-order chi connectivity index (χ0) is 20.1. The topological polar surface area (TPSA) is 57.0 Å². The van der Waals surface area contributed by atoms with Crippen molar-refractivity contribution in [1.82, 2.24) is 14.8 Å². The fraction of sp³-hybridized carbons (Fsp3) is 0.227. The second kappa shape index (κ2) is 8.61. The number of carbonyl (C=O) groups excluding carboxylic acids is 1. The molecule has 0 radical (unpaired) electrons. The van der Waals surface area contributed by atoms with Gasteiger partial charge in [0.05, 0.1) is 18.0 Å². The van der Waals surface area contributed by atoms with E-state index in [1.807, 2.05) is 32.0 Å². The van der Waals surface area contributed by atoms with E-state index in [0.29, 0.717) is 12.4 Å². The Bertz CT molecular complexity index is 977. The molecule has 3 rings (SSSR count). The van der Waals surface area contributed by atoms with Gasteiger partial charge in [-0.05, 0) is 55.3 Å². The van der Waals surface area contributed by atoms with Crippen molar-refractivity contribution in [2.45, 2.75) is 26.7 Å². The lowest BCUT2D eigenvalue weighted by atomic mass is 9.99. The van der Waals surface area contributed by atoms with Crippen LogP contribution in [0.5, 0.6) is 0 Å². The summed E-state index contributed by atoms with van der Waals surface area (Å²) in [6.07, 6.45) is 4.79. The number of hydrogen-bond acceptors (Lipinski definition) is 4. The monoisotopic (exact) mass is 379 g/mol. The van der Waals surface area contributed by atoms with Gasteiger partial charge in [0.25, 0.3) is 0 Å². The first-order chi connectivity index (χ1) is 13.5. The number of rotatable bonds is 6. The molecule has 3 aromatic rings. The Morgan fingerprint density at radius 3 is 2.57 bits per heavy atom. The predicted octanol–water partition coefficient (Wildman–Crippen LogP) is 4.77. The molecule has 0 aliphatic heterocycles. The van der Waals surface area contributed by atoms with Crippen LogP contribution in [-0.4, -0.2) is 27.3 Å². The summed E-state index contributed by atoms with van der Waals surface area (Å²) >= 11 is 0. The van der Waals surface area contributed by atoms with Gasteiger partial charge < -0.3 is 4.74 Å². The molecule has 0 atom stereocenters. The second-order valence-electron chi connectivity index (χ2n) is 6.49. The van der Waals surface area contributed by atoms with Crippen molar-refractivity contribution in [3.8, 4) is 17.1 Å². The van der Waals surface area contributed by atoms with Crippen LogP contribution < -0.4 is 0 Å². The van der Waals surface area contributed by atoms with Crippen LogP contribution in [-0.2, 0) is 9.53 Å². The average Bonchev–Trinajstić information content (AvgIpc) is 3.08. The molecule has 0 amide bonds. The molecule has 1 aromatic carbocycles. The molecule has 0 N–H and O–H groups in total. The summed E-state index contributed by atoms with van der Waals surface area (Å²) in [5.74, 6) is -0.00119. The Balaban J connectivity index is 2.24. The zero-order valence-corrected chi connectivity index (χ0v) is 16.1. The summed E-state index contributed by atoms with van der Waals surface area (Å²) in [6, 6.07) is 11.7. The summed E-state index contributed by atoms with van der Waals surface area (Å²) < 4.78 is 20.2. The number of ether oxygens (including phenoxy) is 1. The Labute approximate surface area is 163 Å². The summed E-state index contributed by atoms with van der Waals surface area (Å²) in [5.41, 5.74) is 3.10. The van der Waals surface area contributed by atoms with E-state index in [9.17, 15) is 9.18 Å². The van der Waals surface area contributed by atoms with E-state index in [4.69, 9.17) is 9.84 Å². The summed E-state index contributed by atoms with van der Waals surface area (Å²) in [7, 11) is 0. The number of nitrogens with zero attached hydrogens (tertiary/aromatic N) is 3. The van der Waals surface area contributed by atoms with Gasteiger partial charge in [-0.1, -0.05) is 19.9 Å². The Morgan fingerprint density at radius 2 is 1.96 bits per heavy atom. The molecule has 0 fully saturated rings. The standard InChI is InChI=1S/C22H22FN3O2/c1-4-28-20(27)13-12-18-21(15(2)3)25-26(19-7-5-6-14-24-19)22(18)16-8-10-17(23)11-9-16/h5-15H,4H2,1-3H3/b13-12+. The van der Waals surface area contributed by atoms with Crippen LogP contribution in [0.3, 0.4) is 0 Å². The van der Waals surface area contributed by atoms with E-state index in [1.165, 1.54) is 18.2 Å². The molecule has 0 unspecified atom stereocenters. The molecule has 0 aliphatic rings. The van der Waals surface area contributed by atoms with E-state index >= 15 is 0 Å². The summed E-state index contributed by atoms with van der Waals surface area (Å²) in [4.78, 5) is 16.3. The Morgan fingerprint density at radius 1 is 1.21 bits per heavy atom. The van der Waals surface area contributed by atoms with Crippen LogP contribution in [0.4, 0.5) is 4.39 Å². The van der Waals surface area contributed by atoms with E-state index in [1.54, 1.807) is 36.0 Å². The first-order valence-corrected chi connectivity index (χ1v) is 9.16. The molecule has 0 saturated heterocycles. The van der Waals surface area contributed by atoms with Gasteiger partial charge in [0, 0.05) is 23.4 Å². The molecular weight excluding hydrogens is 357 g/mol. The highest BCUT2D eigenvalue weighted by Crippen LogP contribution is 2.33. The zero-order valence-electron chi connectivity index (χ0n) is 16.1. The number of pyridine rings is 1. The van der Waals surface area contributed by atoms with Crippen LogP contribution in [0.15, 0.2) is 54.7 Å². The van der Waals surface area contributed by atoms with Gasteiger partial charge in [-0.3, -0.25) is 0 Å². The number of benzene rings is 1. The lowest BCUT2D eigenvalue weighted by molar-refractivity contribution is -0.137. The molecule has 144 valence electrons. The first-order valence-electron chi connectivity index (χ1n) is 9.16. The third kappa shape index (κ3) is 4.17. The maximum atomic E-state index is 13.5. The maximum absolute atomic E-state index is 13.5. The number of aromatic nitrogens is 3. The molecule has 0 bridgehead atoms. The number of esters is 1. The van der Waals surface area contributed by atoms with Gasteiger partial charge >= 0.3 is 5.97 Å². The number of hydrogen-bond donors (Lipinski definition) is 0. The van der Waals surface area contributed by atoms with Gasteiger partial charge in [-0.2, -0.15) is 5.10 Å². The highest BCUT2D eigenvalue weighted by atomic mass is 19.1. The van der Waals surface area contributed by atoms with Gasteiger partial charge in [-0.25, -0.2) is 18.9 Å². The largest absolute Gasteiger partial charge is 0.463 e. The van der Waals surface area contributed by atoms with Crippen molar-refractivity contribution in [1.29, 1.82) is 0 Å². The maximum Gasteiger partial charge on any atom is 0.330 e. The van der Waals surface area contributed by atoms with Gasteiger partial charge in [0.15, 0.2) is 5.82 Å². The van der Waals surface area contributed by atoms with Crippen LogP contribution in [0.25, 0.3) is 23.2 Å². The minimum atomic E-state index is -0.423. The van der Waals surface area contributed by atoms with Crippen molar-refractivity contribution in [2.75, 3.05) is 6.61 Å². The Kier molecular flexibility index (Phi) is 5.99. The molecule has 2 aromatic heterocycles. The highest BCUT2D eigenvalue weighted by Gasteiger charge is 2.21. The highest BCUT2D eigenvalue weighted by molar-refractivity contribution is 5.89. The fourth-order valence-corrected chi connectivity index (χ4v) is 2.91. The summed E-state index contributed by atoms with van der Waals surface area (Å²) in [6.45, 7) is 6.12. The molecule has 28 heavy (non-hydrogen) atoms. The van der Waals surface area contributed by atoms with Crippen LogP contribution in [0.1, 0.15) is 37.9 Å². The number of halogens is 1. The molecular formula is C22H22FN3O2. The summed E-state index contributed by atoms with van der Waals surface area (Å²) in [5, 5.41) is 4.76. The second-order valence-corrected chi connectivity index (χ2v) is 6.49. The molecule has 0 aliphatic carbocycles. The molecule has 5 nitrogen and oxygen atoms in total. The third-order valence-corrected chi connectivity index (χ3v) is 4.15. The van der Waals surface area contributed by atoms with Gasteiger partial charge in [-0.15, -0.1) is 0 Å². The lowest BCUT2D eigenvalue weighted by Crippen LogP contribution is -2.02. The van der Waals surface area contributed by atoms with Crippen molar-refractivity contribution in [2.24, 2.45) is 0 Å². The van der Waals surface area contributed by atoms with E-state index in [-0.39, 0.29) is 11.7 Å². The molecule has 0 saturated carbocycles.